The van der Waals surface area contributed by atoms with Crippen molar-refractivity contribution in [1.29, 1.82) is 0 Å². The van der Waals surface area contributed by atoms with Gasteiger partial charge in [-0.15, -0.1) is 0 Å². The van der Waals surface area contributed by atoms with Crippen LogP contribution in [0.1, 0.15) is 114 Å². The number of esters is 2. The van der Waals surface area contributed by atoms with Crippen LogP contribution in [0.4, 0.5) is 0 Å². The van der Waals surface area contributed by atoms with E-state index in [1.807, 2.05) is 13.0 Å². The summed E-state index contributed by atoms with van der Waals surface area (Å²) in [6.07, 6.45) is 11.6. The molecule has 3 aliphatic rings. The molecule has 5 heterocycles. The zero-order valence-electron chi connectivity index (χ0n) is 30.6. The van der Waals surface area contributed by atoms with Crippen molar-refractivity contribution in [3.05, 3.63) is 84.8 Å². The number of methoxy groups -OCH3 is 1. The van der Waals surface area contributed by atoms with Crippen LogP contribution in [0.3, 0.4) is 0 Å². The van der Waals surface area contributed by atoms with Crippen LogP contribution >= 0.6 is 0 Å². The summed E-state index contributed by atoms with van der Waals surface area (Å²) >= 11 is 0. The summed E-state index contributed by atoms with van der Waals surface area (Å²) in [6, 6.07) is 0. The second-order valence-electron chi connectivity index (χ2n) is 14.1. The summed E-state index contributed by atoms with van der Waals surface area (Å²) in [6.45, 7) is 19.2. The number of Topliss-reactive ketones (excluding diaryl/α,β-unsaturated/α-hetero) is 1. The zero-order chi connectivity index (χ0) is 36.0. The molecule has 9 heteroatoms. The summed E-state index contributed by atoms with van der Waals surface area (Å²) in [5, 5.41) is 5.63. The van der Waals surface area contributed by atoms with E-state index in [1.165, 1.54) is 12.7 Å². The van der Waals surface area contributed by atoms with Gasteiger partial charge in [-0.2, -0.15) is 0 Å². The Morgan fingerprint density at radius 1 is 0.980 bits per heavy atom. The predicted molar refractivity (Wildman–Crippen MR) is 197 cm³/mol. The third-order valence-electron chi connectivity index (χ3n) is 11.3. The second kappa shape index (κ2) is 13.8. The number of allylic oxidation sites excluding steroid dienone is 2. The molecule has 4 atom stereocenters. The van der Waals surface area contributed by atoms with E-state index in [0.29, 0.717) is 35.8 Å². The number of fused-ring (bicyclic) bond motifs is 7. The molecule has 0 radical (unpaired) electrons. The minimum absolute atomic E-state index is 0.0668. The summed E-state index contributed by atoms with van der Waals surface area (Å²) in [5.41, 5.74) is 11.3. The lowest BCUT2D eigenvalue weighted by atomic mass is 9.85. The summed E-state index contributed by atoms with van der Waals surface area (Å²) in [7, 11) is 1.31. The lowest BCUT2D eigenvalue weighted by Gasteiger charge is -2.19. The first-order chi connectivity index (χ1) is 23.9. The first kappa shape index (κ1) is 35.1. The van der Waals surface area contributed by atoms with Gasteiger partial charge in [0.25, 0.3) is 0 Å². The fraction of sp³-hybridized carbons (Fsp3) is 0.439. The average Bonchev–Trinajstić information content (AvgIpc) is 3.84. The van der Waals surface area contributed by atoms with Gasteiger partial charge in [0, 0.05) is 74.1 Å². The molecule has 3 aromatic heterocycles. The molecular weight excluding hydrogens is 628 g/mol. The number of carbonyl (C=O) groups is 3. The van der Waals surface area contributed by atoms with E-state index in [4.69, 9.17) is 9.47 Å². The molecule has 264 valence electrons. The van der Waals surface area contributed by atoms with E-state index < -0.39 is 11.9 Å². The third-order valence-corrected chi connectivity index (χ3v) is 11.3. The number of rotatable bonds is 10. The molecule has 1 saturated heterocycles. The van der Waals surface area contributed by atoms with Gasteiger partial charge < -0.3 is 29.7 Å². The Morgan fingerprint density at radius 3 is 2.38 bits per heavy atom. The van der Waals surface area contributed by atoms with Gasteiger partial charge in [0.15, 0.2) is 5.78 Å². The van der Waals surface area contributed by atoms with Gasteiger partial charge in [-0.3, -0.25) is 14.4 Å². The van der Waals surface area contributed by atoms with E-state index in [9.17, 15) is 14.4 Å². The summed E-state index contributed by atoms with van der Waals surface area (Å²) in [5.74, 6) is -2.04. The molecule has 0 aromatic carbocycles. The predicted octanol–water partition coefficient (Wildman–Crippen LogP) is 6.13. The van der Waals surface area contributed by atoms with Gasteiger partial charge >= 0.3 is 11.9 Å². The van der Waals surface area contributed by atoms with Gasteiger partial charge in [-0.05, 0) is 86.4 Å². The minimum Gasteiger partial charge on any atom is -0.468 e. The Kier molecular flexibility index (Phi) is 9.71. The van der Waals surface area contributed by atoms with Crippen molar-refractivity contribution in [2.75, 3.05) is 13.7 Å². The maximum atomic E-state index is 14.2. The van der Waals surface area contributed by atoms with Gasteiger partial charge in [0.2, 0.25) is 0 Å². The Labute approximate surface area is 294 Å². The first-order valence-corrected chi connectivity index (χ1v) is 17.9. The fourth-order valence-electron chi connectivity index (χ4n) is 7.92. The van der Waals surface area contributed by atoms with E-state index in [2.05, 4.69) is 86.6 Å². The van der Waals surface area contributed by atoms with Gasteiger partial charge in [0.05, 0.1) is 19.4 Å². The van der Waals surface area contributed by atoms with Crippen molar-refractivity contribution in [2.45, 2.75) is 80.6 Å². The topological polar surface area (TPSA) is 129 Å². The number of hydrogen-bond acceptors (Lipinski definition) is 6. The summed E-state index contributed by atoms with van der Waals surface area (Å²) in [4.78, 5) is 51.5. The lowest BCUT2D eigenvalue weighted by Crippen LogP contribution is -2.25. The van der Waals surface area contributed by atoms with Crippen molar-refractivity contribution in [2.24, 2.45) is 23.7 Å². The number of hydrogen-bond donors (Lipinski definition) is 4. The molecule has 1 fully saturated rings. The highest BCUT2D eigenvalue weighted by molar-refractivity contribution is 6.24. The average molecular weight is 679 g/mol. The highest BCUT2D eigenvalue weighted by atomic mass is 16.5. The molecule has 0 amide bonds. The van der Waals surface area contributed by atoms with Crippen molar-refractivity contribution in [1.82, 2.24) is 20.3 Å². The highest BCUT2D eigenvalue weighted by Gasteiger charge is 2.48. The number of ketones is 1. The minimum atomic E-state index is -1.13. The molecule has 0 saturated carbocycles. The smallest absolute Gasteiger partial charge is 0.321 e. The maximum Gasteiger partial charge on any atom is 0.321 e. The molecular formula is C41H50N4O5. The Morgan fingerprint density at radius 2 is 1.70 bits per heavy atom. The largest absolute Gasteiger partial charge is 0.468 e. The number of aromatic amines is 3. The third kappa shape index (κ3) is 5.90. The Hall–Kier alpha value is -4.79. The lowest BCUT2D eigenvalue weighted by molar-refractivity contribution is -0.144. The SMILES string of the molecule is C=Cc1c2[nH]c(c1C)/C=C1\N/C(=C3\c4[nH]c(c(C)c4C(=O)[C@@H]3C(=O)OC)/C=c3\[nH]/c(c(C)c3CC)=C\2)[C@@H](CCC(=O)OCCC(C)CC)[C@@H]1C. The van der Waals surface area contributed by atoms with Crippen LogP contribution in [0, 0.1) is 44.4 Å². The highest BCUT2D eigenvalue weighted by Crippen LogP contribution is 2.48. The van der Waals surface area contributed by atoms with Gasteiger partial charge in [0.1, 0.15) is 5.92 Å². The first-order valence-electron chi connectivity index (χ1n) is 17.9. The van der Waals surface area contributed by atoms with Gasteiger partial charge in [-0.25, -0.2) is 0 Å². The molecule has 1 aliphatic carbocycles. The Balaban J connectivity index is 1.58. The molecule has 2 aliphatic heterocycles. The molecule has 4 N–H and O–H groups in total. The van der Waals surface area contributed by atoms with Crippen molar-refractivity contribution >= 4 is 47.6 Å². The van der Waals surface area contributed by atoms with Gasteiger partial charge in [-0.1, -0.05) is 46.8 Å². The maximum absolute atomic E-state index is 14.2. The molecule has 9 nitrogen and oxygen atoms in total. The quantitative estimate of drug-likeness (QED) is 0.151. The van der Waals surface area contributed by atoms with Crippen LogP contribution in [0.15, 0.2) is 18.0 Å². The molecule has 3 aromatic rings. The standard InChI is InChI=1S/C41H50N4O5/c1-10-20(4)15-16-50-34(46)14-13-27-23(7)30-17-28-21(5)25(11-2)32(42-28)18-29-22(6)26(12-3)33(43-29)19-31-24(8)35-39(45-31)36(38(27)44-30)37(40(35)47)41(48)49-9/h11,17-20,23,27,37,42-45H,2,10,12-16H2,1,3-9H3/b29-18-,30-17-,33-19-,38-36-/t20?,23-,27-,37+/m0/s1. The number of nitrogens with one attached hydrogen (secondary N) is 4. The van der Waals surface area contributed by atoms with Crippen LogP contribution in [0.5, 0.6) is 0 Å². The molecule has 50 heavy (non-hydrogen) atoms. The van der Waals surface area contributed by atoms with Crippen molar-refractivity contribution < 1.29 is 23.9 Å². The number of carbonyl (C=O) groups excluding carboxylic acids is 3. The summed E-state index contributed by atoms with van der Waals surface area (Å²) < 4.78 is 10.9. The van der Waals surface area contributed by atoms with Crippen LogP contribution < -0.4 is 16.0 Å². The monoisotopic (exact) mass is 678 g/mol. The Bertz CT molecular complexity index is 2080. The van der Waals surface area contributed by atoms with Crippen LogP contribution in [-0.4, -0.2) is 46.4 Å². The van der Waals surface area contributed by atoms with E-state index in [-0.39, 0.29) is 30.0 Å². The van der Waals surface area contributed by atoms with E-state index in [0.717, 1.165) is 80.7 Å². The van der Waals surface area contributed by atoms with Crippen molar-refractivity contribution in [3.63, 3.8) is 0 Å². The van der Waals surface area contributed by atoms with Crippen molar-refractivity contribution in [3.8, 4) is 0 Å². The molecule has 8 bridgehead atoms. The van der Waals surface area contributed by atoms with E-state index >= 15 is 0 Å². The van der Waals surface area contributed by atoms with Crippen LogP contribution in [0.25, 0.3) is 29.9 Å². The second-order valence-corrected chi connectivity index (χ2v) is 14.1. The fourth-order valence-corrected chi connectivity index (χ4v) is 7.92. The number of ether oxygens (including phenoxy) is 2. The normalized spacial score (nSPS) is 23.6. The molecule has 0 spiro atoms. The molecule has 6 rings (SSSR count). The van der Waals surface area contributed by atoms with E-state index in [1.54, 1.807) is 0 Å². The zero-order valence-corrected chi connectivity index (χ0v) is 30.6. The number of aromatic nitrogens is 3. The molecule has 1 unspecified atom stereocenters. The van der Waals surface area contributed by atoms with Crippen LogP contribution in [-0.2, 0) is 25.5 Å². The van der Waals surface area contributed by atoms with Crippen LogP contribution in [0.2, 0.25) is 0 Å². The number of H-pyrrole nitrogens is 3.